The van der Waals surface area contributed by atoms with Gasteiger partial charge in [0.05, 0.1) is 11.7 Å². The van der Waals surface area contributed by atoms with Crippen molar-refractivity contribution in [2.45, 2.75) is 68.1 Å². The topological polar surface area (TPSA) is 193 Å². The number of carbonyl (C=O) groups is 1. The Bertz CT molecular complexity index is 1640. The molecule has 1 aliphatic carbocycles. The van der Waals surface area contributed by atoms with Crippen LogP contribution in [0.4, 0.5) is 5.13 Å². The Balaban J connectivity index is 1.38. The average Bonchev–Trinajstić information content (AvgIpc) is 3.91. The number of hydrogen-bond acceptors (Lipinski definition) is 17. The Morgan fingerprint density at radius 1 is 1.15 bits per heavy atom. The predicted octanol–water partition coefficient (Wildman–Crippen LogP) is -1.21. The van der Waals surface area contributed by atoms with Crippen LogP contribution in [-0.4, -0.2) is 141 Å². The summed E-state index contributed by atoms with van der Waals surface area (Å²) in [5.74, 6) is -0.398. The Labute approximate surface area is 311 Å². The van der Waals surface area contributed by atoms with E-state index >= 15 is 0 Å². The van der Waals surface area contributed by atoms with E-state index in [0.717, 1.165) is 36.1 Å². The summed E-state index contributed by atoms with van der Waals surface area (Å²) in [5.41, 5.74) is 6.84. The first-order chi connectivity index (χ1) is 27.3. The molecule has 21 heteroatoms. The molecule has 1 saturated carbocycles. The van der Waals surface area contributed by atoms with Gasteiger partial charge in [-0.3, -0.25) is 4.79 Å². The fourth-order valence-corrected chi connectivity index (χ4v) is 7.15. The maximum Gasteiger partial charge on any atom is 0.247 e. The van der Waals surface area contributed by atoms with Crippen LogP contribution in [0, 0.1) is 0 Å². The Morgan fingerprint density at radius 2 is 1.90 bits per heavy atom. The summed E-state index contributed by atoms with van der Waals surface area (Å²) in [6.45, 7) is 1.37. The number of nitrogens with zero attached hydrogens (tertiary/aromatic N) is 1. The maximum absolute atomic E-state index is 13.7. The molecule has 1 aromatic carbocycles. The Hall–Kier alpha value is -1.62. The molecule has 1 unspecified atom stereocenters. The van der Waals surface area contributed by atoms with E-state index in [2.05, 4.69) is 10.3 Å². The smallest absolute Gasteiger partial charge is 0.247 e. The maximum atomic E-state index is 13.7. The normalized spacial score (nSPS) is 34.1. The summed E-state index contributed by atoms with van der Waals surface area (Å²) < 4.78 is 110. The highest BCUT2D eigenvalue weighted by Gasteiger charge is 2.55. The molecule has 1 amide bonds. The second kappa shape index (κ2) is 17.5. The van der Waals surface area contributed by atoms with Crippen LogP contribution in [0.15, 0.2) is 29.2 Å². The second-order valence-corrected chi connectivity index (χ2v) is 13.7. The molecule has 0 radical (unpaired) electrons. The third-order valence-electron chi connectivity index (χ3n) is 7.49. The van der Waals surface area contributed by atoms with E-state index in [0.29, 0.717) is 11.3 Å². The van der Waals surface area contributed by atoms with Crippen molar-refractivity contribution in [1.29, 1.82) is 12.3 Å². The lowest BCUT2D eigenvalue weighted by atomic mass is 9.83. The van der Waals surface area contributed by atoms with Gasteiger partial charge in [0, 0.05) is 28.6 Å². The van der Waals surface area contributed by atoms with Crippen LogP contribution < -0.4 is 20.0 Å². The number of nitrogen functional groups attached to an aromatic ring is 1. The molecule has 48 heavy (non-hydrogen) atoms. The molecule has 260 valence electrons. The number of nitrogens with one attached hydrogen (secondary N) is 1. The standard InChI is InChI=1S/C27H38B3N3O11S4/c1-11(25(37)33-16-17(34)18(35)22-24(39-10-38-22)21(16)43-47-8-29)4-12-2-3-14(15(5-12)42-46-7-28)40-26-19(36)23(44-48-9-30)20(41-26)13-6-45-27(31)32-13/h2-6,16-24,26,34-36H,7-10,28-30H2,1H3,(H2,31,32)(H,33,37)/t16?,17-,18+,19-,20+,21+,22+,23-,24-,26+/m0/s1/i28TD,29TD,30TD,34T,35T,36T. The minimum atomic E-state index is -1.26. The number of aromatic nitrogens is 1. The minimum Gasteiger partial charge on any atom is -0.458 e. The van der Waals surface area contributed by atoms with Crippen LogP contribution in [-0.2, 0) is 27.4 Å². The van der Waals surface area contributed by atoms with Crippen molar-refractivity contribution in [1.82, 2.24) is 10.3 Å². The van der Waals surface area contributed by atoms with Gasteiger partial charge >= 0.3 is 0 Å². The molecule has 14 nitrogen and oxygen atoms in total. The number of amides is 1. The summed E-state index contributed by atoms with van der Waals surface area (Å²) in [4.78, 5) is 18.0. The van der Waals surface area contributed by atoms with Gasteiger partial charge in [-0.15, -0.1) is 11.3 Å². The van der Waals surface area contributed by atoms with Gasteiger partial charge in [-0.2, -0.15) is 0 Å². The summed E-state index contributed by atoms with van der Waals surface area (Å²) in [5, 5.41) is 19.6. The SMILES string of the molecule is [2H]B([3H])CSOc1cc(C=C(C)C(=O)NC2[C@@H](OSCB([2H])[3H])[C@@H]3OCO[C@@H]3[C@H](O[3H])[C@H]2O[3H])ccc1O[C@@H]1O[C@H](c2csc(N)n2)[C@@H](OSCB([2H])[3H])[C@@H]1O[3H]. The van der Waals surface area contributed by atoms with Gasteiger partial charge in [0.15, 0.2) is 16.6 Å². The van der Waals surface area contributed by atoms with Crippen molar-refractivity contribution in [3.63, 3.8) is 0 Å². The first kappa shape index (κ1) is 27.1. The molecule has 1 aromatic heterocycles. The fourth-order valence-electron chi connectivity index (χ4n) is 5.32. The zero-order valence-electron chi connectivity index (χ0n) is 34.4. The molecule has 6 N–H and O–H groups in total. The third-order valence-corrected chi connectivity index (χ3v) is 9.60. The number of aliphatic hydroxyl groups excluding tert-OH is 3. The van der Waals surface area contributed by atoms with Gasteiger partial charge in [-0.1, -0.05) is 6.07 Å². The highest BCUT2D eigenvalue weighted by molar-refractivity contribution is 7.96. The van der Waals surface area contributed by atoms with Gasteiger partial charge in [-0.25, -0.2) is 4.98 Å². The third kappa shape index (κ3) is 8.63. The van der Waals surface area contributed by atoms with E-state index in [1.54, 1.807) is 11.4 Å². The highest BCUT2D eigenvalue weighted by Crippen LogP contribution is 2.41. The van der Waals surface area contributed by atoms with E-state index in [-0.39, 0.29) is 46.0 Å². The van der Waals surface area contributed by atoms with E-state index in [1.807, 2.05) is 0 Å². The van der Waals surface area contributed by atoms with Crippen LogP contribution in [0.25, 0.3) is 6.08 Å². The lowest BCUT2D eigenvalue weighted by Gasteiger charge is -2.43. The van der Waals surface area contributed by atoms with Crippen molar-refractivity contribution < 1.29 is 51.6 Å². The molecule has 2 aliphatic heterocycles. The molecular formula is C27H38B3N3O11S4. The zero-order valence-corrected chi connectivity index (χ0v) is 28.6. The summed E-state index contributed by atoms with van der Waals surface area (Å²) >= 11 is 3.65. The van der Waals surface area contributed by atoms with Crippen molar-refractivity contribution in [3.8, 4) is 11.5 Å². The molecule has 3 aliphatic rings. The van der Waals surface area contributed by atoms with Gasteiger partial charge < -0.3 is 57.9 Å². The number of thiazole rings is 1. The molecule has 3 fully saturated rings. The van der Waals surface area contributed by atoms with E-state index in [1.165, 1.54) is 36.5 Å². The number of hydrogen-bond donors (Lipinski definition) is 5. The molecule has 2 aromatic rings. The lowest BCUT2D eigenvalue weighted by Crippen LogP contribution is -2.67. The molecule has 10 atom stereocenters. The number of anilines is 1. The number of nitrogens with two attached hydrogens (primary N) is 1. The zero-order chi connectivity index (χ0) is 41.2. The Morgan fingerprint density at radius 3 is 2.62 bits per heavy atom. The van der Waals surface area contributed by atoms with E-state index in [4.69, 9.17) is 64.9 Å². The Kier molecular flexibility index (Phi) is 9.90. The van der Waals surface area contributed by atoms with Crippen LogP contribution >= 0.6 is 47.5 Å². The van der Waals surface area contributed by atoms with Crippen LogP contribution in [0.1, 0.15) is 24.3 Å². The van der Waals surface area contributed by atoms with Crippen LogP contribution in [0.2, 0.25) is 0 Å². The quantitative estimate of drug-likeness (QED) is 0.0579. The van der Waals surface area contributed by atoms with Gasteiger partial charge in [0.1, 0.15) is 78.9 Å². The molecule has 5 rings (SSSR count). The van der Waals surface area contributed by atoms with Crippen LogP contribution in [0.3, 0.4) is 0 Å². The summed E-state index contributed by atoms with van der Waals surface area (Å²) in [6, 6.07) is 3.56. The second-order valence-electron chi connectivity index (χ2n) is 10.5. The largest absolute Gasteiger partial charge is 0.458 e. The van der Waals surface area contributed by atoms with Gasteiger partial charge in [0.25, 0.3) is 0 Å². The minimum absolute atomic E-state index is 0.00421. The number of aliphatic hydroxyl groups is 3. The van der Waals surface area contributed by atoms with Crippen molar-refractivity contribution in [2.75, 3.05) is 29.5 Å². The first-order valence-corrected chi connectivity index (χ1v) is 18.1. The molecule has 0 spiro atoms. The van der Waals surface area contributed by atoms with Crippen molar-refractivity contribution >= 4 is 87.9 Å². The summed E-state index contributed by atoms with van der Waals surface area (Å²) in [6.07, 6.45) is -7.81. The van der Waals surface area contributed by atoms with Crippen LogP contribution in [0.5, 0.6) is 11.5 Å². The van der Waals surface area contributed by atoms with Crippen molar-refractivity contribution in [3.05, 3.63) is 40.4 Å². The number of rotatable bonds is 21. The highest BCUT2D eigenvalue weighted by atomic mass is 32.2. The van der Waals surface area contributed by atoms with E-state index < -0.39 is 90.4 Å². The predicted molar refractivity (Wildman–Crippen MR) is 193 cm³/mol. The summed E-state index contributed by atoms with van der Waals surface area (Å²) in [7, 11) is -3.58. The lowest BCUT2D eigenvalue weighted by molar-refractivity contribution is -0.147. The number of carbonyl (C=O) groups excluding carboxylic acids is 1. The fraction of sp³-hybridized carbons (Fsp3) is 0.556. The number of benzene rings is 1. The molecule has 0 bridgehead atoms. The van der Waals surface area contributed by atoms with Gasteiger partial charge in [0.2, 0.25) is 16.5 Å². The molecular weight excluding hydrogens is 703 g/mol. The average molecular weight is 756 g/mol. The first-order valence-electron chi connectivity index (χ1n) is 19.2. The number of fused-ring (bicyclic) bond motifs is 1. The van der Waals surface area contributed by atoms with Crippen molar-refractivity contribution in [2.24, 2.45) is 0 Å². The van der Waals surface area contributed by atoms with E-state index in [9.17, 15) is 4.79 Å². The van der Waals surface area contributed by atoms with Gasteiger partial charge in [-0.05, 0) is 74.1 Å². The molecule has 2 saturated heterocycles. The molecule has 3 heterocycles. The monoisotopic (exact) mass is 756 g/mol. The number of ether oxygens (including phenoxy) is 4.